The third-order valence-corrected chi connectivity index (χ3v) is 3.55. The summed E-state index contributed by atoms with van der Waals surface area (Å²) in [6.07, 6.45) is 0. The van der Waals surface area contributed by atoms with Crippen LogP contribution in [-0.4, -0.2) is 5.11 Å². The quantitative estimate of drug-likeness (QED) is 0.761. The van der Waals surface area contributed by atoms with E-state index in [1.54, 1.807) is 12.1 Å². The molecular formula is C18H22O. The van der Waals surface area contributed by atoms with Gasteiger partial charge in [-0.25, -0.2) is 0 Å². The number of aromatic hydroxyl groups is 1. The van der Waals surface area contributed by atoms with Gasteiger partial charge in [0.05, 0.1) is 0 Å². The molecular weight excluding hydrogens is 232 g/mol. The molecule has 100 valence electrons. The first-order valence-corrected chi connectivity index (χ1v) is 6.70. The molecule has 2 rings (SSSR count). The molecule has 0 atom stereocenters. The van der Waals surface area contributed by atoms with Crippen molar-refractivity contribution in [3.8, 4) is 16.9 Å². The van der Waals surface area contributed by atoms with Gasteiger partial charge in [0.2, 0.25) is 0 Å². The molecule has 19 heavy (non-hydrogen) atoms. The Balaban J connectivity index is 2.57. The van der Waals surface area contributed by atoms with E-state index in [-0.39, 0.29) is 5.41 Å². The van der Waals surface area contributed by atoms with Gasteiger partial charge in [-0.1, -0.05) is 45.0 Å². The predicted octanol–water partition coefficient (Wildman–Crippen LogP) is 4.97. The zero-order valence-corrected chi connectivity index (χ0v) is 12.4. The van der Waals surface area contributed by atoms with Gasteiger partial charge in [0.1, 0.15) is 5.75 Å². The normalized spacial score (nSPS) is 11.6. The van der Waals surface area contributed by atoms with Gasteiger partial charge in [0.25, 0.3) is 0 Å². The maximum atomic E-state index is 9.39. The van der Waals surface area contributed by atoms with Crippen LogP contribution in [0.3, 0.4) is 0 Å². The van der Waals surface area contributed by atoms with E-state index < -0.39 is 0 Å². The molecule has 0 fully saturated rings. The first kappa shape index (κ1) is 13.7. The van der Waals surface area contributed by atoms with E-state index in [0.29, 0.717) is 5.75 Å². The van der Waals surface area contributed by atoms with E-state index in [1.165, 1.54) is 22.3 Å². The molecule has 0 aromatic heterocycles. The second-order valence-corrected chi connectivity index (χ2v) is 6.28. The lowest BCUT2D eigenvalue weighted by molar-refractivity contribution is 0.475. The summed E-state index contributed by atoms with van der Waals surface area (Å²) in [5.41, 5.74) is 6.54. The lowest BCUT2D eigenvalue weighted by atomic mass is 9.83. The molecule has 2 aromatic carbocycles. The van der Waals surface area contributed by atoms with Gasteiger partial charge in [-0.15, -0.1) is 0 Å². The van der Waals surface area contributed by atoms with Crippen LogP contribution in [-0.2, 0) is 5.41 Å². The second kappa shape index (κ2) is 4.73. The first-order chi connectivity index (χ1) is 8.79. The van der Waals surface area contributed by atoms with Gasteiger partial charge in [-0.05, 0) is 59.2 Å². The van der Waals surface area contributed by atoms with Crippen molar-refractivity contribution < 1.29 is 5.11 Å². The largest absolute Gasteiger partial charge is 0.508 e. The SMILES string of the molecule is Cc1cc(C(C)(C)C)cc(C)c1-c1ccc(O)cc1. The molecule has 1 heteroatoms. The van der Waals surface area contributed by atoms with Crippen LogP contribution in [0.2, 0.25) is 0 Å². The summed E-state index contributed by atoms with van der Waals surface area (Å²) in [6, 6.07) is 12.0. The van der Waals surface area contributed by atoms with Crippen molar-refractivity contribution in [2.75, 3.05) is 0 Å². The van der Waals surface area contributed by atoms with Crippen LogP contribution in [0.4, 0.5) is 0 Å². The molecule has 0 aliphatic carbocycles. The van der Waals surface area contributed by atoms with Crippen molar-refractivity contribution in [2.24, 2.45) is 0 Å². The molecule has 1 nitrogen and oxygen atoms in total. The van der Waals surface area contributed by atoms with Crippen LogP contribution in [0.1, 0.15) is 37.5 Å². The molecule has 0 spiro atoms. The molecule has 0 aliphatic rings. The Morgan fingerprint density at radius 2 is 1.32 bits per heavy atom. The summed E-state index contributed by atoms with van der Waals surface area (Å²) in [7, 11) is 0. The van der Waals surface area contributed by atoms with Gasteiger partial charge < -0.3 is 5.11 Å². The molecule has 0 aliphatic heterocycles. The molecule has 1 N–H and O–H groups in total. The minimum absolute atomic E-state index is 0.170. The van der Waals surface area contributed by atoms with E-state index >= 15 is 0 Å². The van der Waals surface area contributed by atoms with E-state index in [4.69, 9.17) is 0 Å². The highest BCUT2D eigenvalue weighted by molar-refractivity contribution is 5.72. The first-order valence-electron chi connectivity index (χ1n) is 6.70. The van der Waals surface area contributed by atoms with Gasteiger partial charge in [0.15, 0.2) is 0 Å². The van der Waals surface area contributed by atoms with E-state index in [2.05, 4.69) is 46.8 Å². The lowest BCUT2D eigenvalue weighted by Gasteiger charge is -2.22. The third kappa shape index (κ3) is 2.81. The number of aryl methyl sites for hydroxylation is 2. The summed E-state index contributed by atoms with van der Waals surface area (Å²) < 4.78 is 0. The van der Waals surface area contributed by atoms with Gasteiger partial charge in [0, 0.05) is 0 Å². The van der Waals surface area contributed by atoms with E-state index in [1.807, 2.05) is 12.1 Å². The highest BCUT2D eigenvalue weighted by atomic mass is 16.3. The lowest BCUT2D eigenvalue weighted by Crippen LogP contribution is -2.12. The number of phenolic OH excluding ortho intramolecular Hbond substituents is 1. The molecule has 2 aromatic rings. The second-order valence-electron chi connectivity index (χ2n) is 6.28. The molecule has 0 heterocycles. The fourth-order valence-electron chi connectivity index (χ4n) is 2.48. The monoisotopic (exact) mass is 254 g/mol. The Morgan fingerprint density at radius 3 is 1.74 bits per heavy atom. The fraction of sp³-hybridized carbons (Fsp3) is 0.333. The third-order valence-electron chi connectivity index (χ3n) is 3.55. The van der Waals surface area contributed by atoms with Crippen LogP contribution in [0.5, 0.6) is 5.75 Å². The maximum Gasteiger partial charge on any atom is 0.115 e. The minimum atomic E-state index is 0.170. The number of rotatable bonds is 1. The van der Waals surface area contributed by atoms with Gasteiger partial charge in [-0.2, -0.15) is 0 Å². The van der Waals surface area contributed by atoms with Crippen molar-refractivity contribution in [1.29, 1.82) is 0 Å². The number of phenols is 1. The van der Waals surface area contributed by atoms with Crippen molar-refractivity contribution in [1.82, 2.24) is 0 Å². The highest BCUT2D eigenvalue weighted by Crippen LogP contribution is 2.33. The highest BCUT2D eigenvalue weighted by Gasteiger charge is 2.16. The zero-order valence-electron chi connectivity index (χ0n) is 12.4. The Morgan fingerprint density at radius 1 is 0.842 bits per heavy atom. The molecule has 0 bridgehead atoms. The average molecular weight is 254 g/mol. The Bertz CT molecular complexity index is 563. The Labute approximate surface area is 115 Å². The van der Waals surface area contributed by atoms with Crippen LogP contribution in [0.25, 0.3) is 11.1 Å². The van der Waals surface area contributed by atoms with E-state index in [9.17, 15) is 5.11 Å². The number of hydrogen-bond acceptors (Lipinski definition) is 1. The van der Waals surface area contributed by atoms with Crippen LogP contribution < -0.4 is 0 Å². The van der Waals surface area contributed by atoms with Gasteiger partial charge >= 0.3 is 0 Å². The molecule has 0 saturated heterocycles. The summed E-state index contributed by atoms with van der Waals surface area (Å²) in [5.74, 6) is 0.311. The maximum absolute atomic E-state index is 9.39. The fourth-order valence-corrected chi connectivity index (χ4v) is 2.48. The van der Waals surface area contributed by atoms with Crippen LogP contribution in [0.15, 0.2) is 36.4 Å². The minimum Gasteiger partial charge on any atom is -0.508 e. The molecule has 0 saturated carbocycles. The van der Waals surface area contributed by atoms with E-state index in [0.717, 1.165) is 5.56 Å². The van der Waals surface area contributed by atoms with Crippen LogP contribution in [0, 0.1) is 13.8 Å². The Hall–Kier alpha value is -1.76. The topological polar surface area (TPSA) is 20.2 Å². The standard InChI is InChI=1S/C18H22O/c1-12-10-15(18(3,4)5)11-13(2)17(12)14-6-8-16(19)9-7-14/h6-11,19H,1-5H3. The molecule has 0 radical (unpaired) electrons. The van der Waals surface area contributed by atoms with Crippen LogP contribution >= 0.6 is 0 Å². The summed E-state index contributed by atoms with van der Waals surface area (Å²) in [4.78, 5) is 0. The van der Waals surface area contributed by atoms with Crippen molar-refractivity contribution in [3.63, 3.8) is 0 Å². The molecule has 0 unspecified atom stereocenters. The molecule has 0 amide bonds. The summed E-state index contributed by atoms with van der Waals surface area (Å²) >= 11 is 0. The zero-order chi connectivity index (χ0) is 14.2. The number of benzene rings is 2. The van der Waals surface area contributed by atoms with Crippen molar-refractivity contribution in [2.45, 2.75) is 40.0 Å². The van der Waals surface area contributed by atoms with Crippen molar-refractivity contribution >= 4 is 0 Å². The number of hydrogen-bond donors (Lipinski definition) is 1. The average Bonchev–Trinajstić information content (AvgIpc) is 2.29. The Kier molecular flexibility index (Phi) is 3.40. The summed E-state index contributed by atoms with van der Waals surface area (Å²) in [5, 5.41) is 9.39. The predicted molar refractivity (Wildman–Crippen MR) is 81.7 cm³/mol. The summed E-state index contributed by atoms with van der Waals surface area (Å²) in [6.45, 7) is 11.0. The van der Waals surface area contributed by atoms with Crippen molar-refractivity contribution in [3.05, 3.63) is 53.1 Å². The smallest absolute Gasteiger partial charge is 0.115 e. The van der Waals surface area contributed by atoms with Gasteiger partial charge in [-0.3, -0.25) is 0 Å².